The van der Waals surface area contributed by atoms with E-state index in [0.29, 0.717) is 19.4 Å². The van der Waals surface area contributed by atoms with E-state index in [2.05, 4.69) is 34.7 Å². The van der Waals surface area contributed by atoms with Crippen LogP contribution in [0.2, 0.25) is 0 Å². The zero-order valence-electron chi connectivity index (χ0n) is 23.2. The molecule has 1 aromatic heterocycles. The van der Waals surface area contributed by atoms with Crippen molar-refractivity contribution in [2.45, 2.75) is 56.6 Å². The van der Waals surface area contributed by atoms with Gasteiger partial charge in [0.25, 0.3) is 0 Å². The average molecular weight is 645 g/mol. The quantitative estimate of drug-likeness (QED) is 0.103. The molecule has 2 aromatic carbocycles. The van der Waals surface area contributed by atoms with Crippen LogP contribution in [0.4, 0.5) is 30.2 Å². The molecule has 3 rings (SSSR count). The molecule has 0 spiro atoms. The van der Waals surface area contributed by atoms with Crippen molar-refractivity contribution in [2.24, 2.45) is 0 Å². The summed E-state index contributed by atoms with van der Waals surface area (Å²) in [7, 11) is -7.96. The predicted molar refractivity (Wildman–Crippen MR) is 154 cm³/mol. The average Bonchev–Trinajstić information content (AvgIpc) is 2.96. The summed E-state index contributed by atoms with van der Waals surface area (Å²) in [5.74, 6) is -2.28. The SMILES string of the molecule is CCCCc1cc[n+](CCCCS(=O)(=O)Nc2ccc(S(=O)(=O)ONc3ccc(NNC(=O)C(F)(F)F)cc3)cc2)cc1. The van der Waals surface area contributed by atoms with E-state index in [1.807, 2.05) is 17.0 Å². The van der Waals surface area contributed by atoms with Gasteiger partial charge in [-0.2, -0.15) is 21.6 Å². The van der Waals surface area contributed by atoms with Crippen molar-refractivity contribution in [1.29, 1.82) is 0 Å². The van der Waals surface area contributed by atoms with Gasteiger partial charge in [-0.15, -0.1) is 4.28 Å². The topological polar surface area (TPSA) is 147 Å². The Balaban J connectivity index is 1.44. The zero-order valence-corrected chi connectivity index (χ0v) is 24.9. The molecule has 234 valence electrons. The first kappa shape index (κ1) is 33.6. The van der Waals surface area contributed by atoms with E-state index in [1.165, 1.54) is 59.5 Å². The predicted octanol–water partition coefficient (Wildman–Crippen LogP) is 4.28. The molecule has 0 unspecified atom stereocenters. The molecule has 1 amide bonds. The molecule has 0 aliphatic carbocycles. The van der Waals surface area contributed by atoms with E-state index in [-0.39, 0.29) is 27.7 Å². The number of hydrazine groups is 1. The number of alkyl halides is 3. The number of aryl methyl sites for hydroxylation is 2. The largest absolute Gasteiger partial charge is 0.472 e. The molecule has 0 radical (unpaired) electrons. The van der Waals surface area contributed by atoms with Gasteiger partial charge >= 0.3 is 22.2 Å². The van der Waals surface area contributed by atoms with Gasteiger partial charge < -0.3 is 0 Å². The van der Waals surface area contributed by atoms with Crippen LogP contribution in [0.1, 0.15) is 38.2 Å². The van der Waals surface area contributed by atoms with Gasteiger partial charge in [0.1, 0.15) is 6.54 Å². The van der Waals surface area contributed by atoms with E-state index in [9.17, 15) is 34.8 Å². The van der Waals surface area contributed by atoms with Crippen molar-refractivity contribution in [3.63, 3.8) is 0 Å². The zero-order chi connectivity index (χ0) is 31.5. The molecule has 11 nitrogen and oxygen atoms in total. The summed E-state index contributed by atoms with van der Waals surface area (Å²) in [5.41, 5.74) is 7.44. The number of hydrogen-bond acceptors (Lipinski definition) is 8. The maximum Gasteiger partial charge on any atom is 0.472 e. The van der Waals surface area contributed by atoms with E-state index in [4.69, 9.17) is 4.28 Å². The second kappa shape index (κ2) is 15.0. The van der Waals surface area contributed by atoms with Crippen LogP contribution in [-0.4, -0.2) is 34.7 Å². The number of anilines is 3. The number of sulfonamides is 1. The van der Waals surface area contributed by atoms with Gasteiger partial charge in [-0.25, -0.2) is 18.5 Å². The molecule has 0 fully saturated rings. The summed E-state index contributed by atoms with van der Waals surface area (Å²) in [5, 5.41) is 0. The summed E-state index contributed by atoms with van der Waals surface area (Å²) < 4.78 is 95.9. The molecule has 0 atom stereocenters. The number of aromatic nitrogens is 1. The molecule has 0 saturated heterocycles. The van der Waals surface area contributed by atoms with E-state index < -0.39 is 32.2 Å². The Morgan fingerprint density at radius 1 is 0.837 bits per heavy atom. The van der Waals surface area contributed by atoms with Crippen LogP contribution in [0.3, 0.4) is 0 Å². The summed E-state index contributed by atoms with van der Waals surface area (Å²) in [6, 6.07) is 14.2. The third kappa shape index (κ3) is 11.4. The molecule has 3 aromatic rings. The van der Waals surface area contributed by atoms with Crippen LogP contribution in [0.5, 0.6) is 0 Å². The number of rotatable bonds is 16. The van der Waals surface area contributed by atoms with Crippen LogP contribution in [0.25, 0.3) is 0 Å². The van der Waals surface area contributed by atoms with Gasteiger partial charge in [-0.05, 0) is 73.4 Å². The van der Waals surface area contributed by atoms with Crippen LogP contribution in [-0.2, 0) is 42.2 Å². The van der Waals surface area contributed by atoms with E-state index in [1.54, 1.807) is 0 Å². The van der Waals surface area contributed by atoms with Gasteiger partial charge in [0.15, 0.2) is 12.4 Å². The van der Waals surface area contributed by atoms with Crippen molar-refractivity contribution >= 4 is 43.1 Å². The van der Waals surface area contributed by atoms with E-state index >= 15 is 0 Å². The summed E-state index contributed by atoms with van der Waals surface area (Å²) in [6.45, 7) is 2.83. The van der Waals surface area contributed by atoms with Gasteiger partial charge in [0, 0.05) is 24.2 Å². The Morgan fingerprint density at radius 2 is 1.44 bits per heavy atom. The molecular formula is C27H33F3N5O6S2+. The fourth-order valence-corrected chi connectivity index (χ4v) is 5.62. The second-order valence-electron chi connectivity index (χ2n) is 9.49. The minimum atomic E-state index is -5.06. The third-order valence-electron chi connectivity index (χ3n) is 6.01. The van der Waals surface area contributed by atoms with Gasteiger partial charge in [0.2, 0.25) is 10.0 Å². The highest BCUT2D eigenvalue weighted by molar-refractivity contribution is 7.92. The lowest BCUT2D eigenvalue weighted by molar-refractivity contribution is -0.697. The number of amides is 1. The van der Waals surface area contributed by atoms with Crippen molar-refractivity contribution < 1.29 is 43.7 Å². The lowest BCUT2D eigenvalue weighted by Crippen LogP contribution is -2.40. The number of halogens is 3. The molecule has 43 heavy (non-hydrogen) atoms. The highest BCUT2D eigenvalue weighted by Crippen LogP contribution is 2.20. The Kier molecular flexibility index (Phi) is 11.7. The molecule has 16 heteroatoms. The molecular weight excluding hydrogens is 611 g/mol. The van der Waals surface area contributed by atoms with E-state index in [0.717, 1.165) is 19.3 Å². The third-order valence-corrected chi connectivity index (χ3v) is 8.53. The number of nitrogens with zero attached hydrogens (tertiary/aromatic N) is 1. The number of nitrogens with one attached hydrogen (secondary N) is 4. The Morgan fingerprint density at radius 3 is 2.05 bits per heavy atom. The van der Waals surface area contributed by atoms with Gasteiger partial charge in [-0.1, -0.05) is 13.3 Å². The number of benzene rings is 2. The summed E-state index contributed by atoms with van der Waals surface area (Å²) in [6.07, 6.45) is 3.34. The maximum absolute atomic E-state index is 12.5. The molecule has 0 aliphatic heterocycles. The smallest absolute Gasteiger partial charge is 0.298 e. The minimum absolute atomic E-state index is 0.0930. The van der Waals surface area contributed by atoms with Gasteiger partial charge in [-0.3, -0.25) is 20.4 Å². The van der Waals surface area contributed by atoms with Crippen LogP contribution in [0, 0.1) is 0 Å². The Hall–Kier alpha value is -3.89. The fraction of sp³-hybridized carbons (Fsp3) is 0.333. The molecule has 0 aliphatic rings. The lowest BCUT2D eigenvalue weighted by atomic mass is 10.1. The number of pyridine rings is 1. The van der Waals surface area contributed by atoms with Crippen molar-refractivity contribution in [3.05, 3.63) is 78.6 Å². The minimum Gasteiger partial charge on any atom is -0.298 e. The number of hydrogen-bond donors (Lipinski definition) is 4. The van der Waals surface area contributed by atoms with Crippen molar-refractivity contribution in [1.82, 2.24) is 5.43 Å². The number of carbonyl (C=O) groups is 1. The summed E-state index contributed by atoms with van der Waals surface area (Å²) in [4.78, 5) is 10.6. The molecule has 0 bridgehead atoms. The maximum atomic E-state index is 12.5. The Bertz CT molecular complexity index is 1550. The number of carbonyl (C=O) groups excluding carboxylic acids is 1. The van der Waals surface area contributed by atoms with Crippen molar-refractivity contribution in [2.75, 3.05) is 21.4 Å². The lowest BCUT2D eigenvalue weighted by Gasteiger charge is -2.12. The Labute approximate surface area is 248 Å². The summed E-state index contributed by atoms with van der Waals surface area (Å²) >= 11 is 0. The molecule has 0 saturated carbocycles. The van der Waals surface area contributed by atoms with Gasteiger partial charge in [0.05, 0.1) is 22.0 Å². The highest BCUT2D eigenvalue weighted by atomic mass is 32.2. The van der Waals surface area contributed by atoms with Crippen LogP contribution in [0.15, 0.2) is 78.0 Å². The normalized spacial score (nSPS) is 12.0. The first-order valence-electron chi connectivity index (χ1n) is 13.3. The van der Waals surface area contributed by atoms with Crippen LogP contribution < -0.4 is 25.6 Å². The van der Waals surface area contributed by atoms with Crippen molar-refractivity contribution in [3.8, 4) is 0 Å². The first-order chi connectivity index (χ1) is 20.3. The molecule has 1 heterocycles. The highest BCUT2D eigenvalue weighted by Gasteiger charge is 2.38. The molecule has 4 N–H and O–H groups in total. The first-order valence-corrected chi connectivity index (χ1v) is 16.3. The number of unbranched alkanes of at least 4 members (excludes halogenated alkanes) is 2. The fourth-order valence-electron chi connectivity index (χ4n) is 3.66. The second-order valence-corrected chi connectivity index (χ2v) is 12.9. The monoisotopic (exact) mass is 644 g/mol. The van der Waals surface area contributed by atoms with Crippen LogP contribution >= 0.6 is 0 Å². The standard InChI is InChI=1S/C27H32F3N5O6S2/c1-2-3-6-21-15-18-35(19-16-21)17-4-5-20-42(37,38)34-24-11-13-25(14-12-24)43(39,40)41-33-23-9-7-22(8-10-23)31-32-26(36)27(28,29)30/h7-16,18-19,31,33-34H,2-6,17,20H2,1H3/p+1.